The van der Waals surface area contributed by atoms with Crippen LogP contribution >= 0.6 is 0 Å². The lowest BCUT2D eigenvalue weighted by Crippen LogP contribution is -2.61. The van der Waals surface area contributed by atoms with Crippen molar-refractivity contribution in [3.05, 3.63) is 12.2 Å². The molecule has 0 aromatic rings. The summed E-state index contributed by atoms with van der Waals surface area (Å²) in [5, 5.41) is 71.4. The fourth-order valence-corrected chi connectivity index (χ4v) is 6.16. The summed E-state index contributed by atoms with van der Waals surface area (Å²) in [5.74, 6) is -0.393. The molecule has 2 aliphatic rings. The first-order valence-electron chi connectivity index (χ1n) is 19.8. The van der Waals surface area contributed by atoms with E-state index in [1.54, 1.807) is 0 Å². The van der Waals surface area contributed by atoms with Gasteiger partial charge in [0.15, 0.2) is 12.6 Å². The summed E-state index contributed by atoms with van der Waals surface area (Å²) >= 11 is 0. The average Bonchev–Trinajstić information content (AvgIpc) is 3.14. The molecule has 11 unspecified atom stereocenters. The van der Waals surface area contributed by atoms with E-state index in [1.165, 1.54) is 44.9 Å². The van der Waals surface area contributed by atoms with Crippen LogP contribution in [0.2, 0.25) is 0 Å². The normalized spacial score (nSPS) is 30.2. The van der Waals surface area contributed by atoms with Gasteiger partial charge in [-0.15, -0.1) is 0 Å². The summed E-state index contributed by atoms with van der Waals surface area (Å²) < 4.78 is 33.8. The summed E-state index contributed by atoms with van der Waals surface area (Å²) in [6.07, 6.45) is 6.29. The van der Waals surface area contributed by atoms with Gasteiger partial charge in [-0.2, -0.15) is 0 Å². The summed E-state index contributed by atoms with van der Waals surface area (Å²) in [6, 6.07) is 0. The van der Waals surface area contributed by atoms with Crippen LogP contribution in [-0.4, -0.2) is 142 Å². The number of esters is 1. The number of allylic oxidation sites excluding steroid dienone is 2. The third-order valence-corrected chi connectivity index (χ3v) is 9.52. The smallest absolute Gasteiger partial charge is 0.306 e. The maximum Gasteiger partial charge on any atom is 0.306 e. The Morgan fingerprint density at radius 2 is 1.13 bits per heavy atom. The fourth-order valence-electron chi connectivity index (χ4n) is 6.16. The predicted octanol–water partition coefficient (Wildman–Crippen LogP) is 2.78. The number of ether oxygens (including phenoxy) is 6. The number of hydrogen-bond acceptors (Lipinski definition) is 14. The van der Waals surface area contributed by atoms with Gasteiger partial charge in [0.25, 0.3) is 0 Å². The van der Waals surface area contributed by atoms with Crippen LogP contribution in [0.1, 0.15) is 123 Å². The first-order valence-corrected chi connectivity index (χ1v) is 19.8. The van der Waals surface area contributed by atoms with E-state index in [-0.39, 0.29) is 19.6 Å². The maximum atomic E-state index is 12.7. The summed E-state index contributed by atoms with van der Waals surface area (Å²) in [5.41, 5.74) is 0. The largest absolute Gasteiger partial charge is 0.457 e. The molecule has 2 aliphatic heterocycles. The highest BCUT2D eigenvalue weighted by Gasteiger charge is 2.47. The van der Waals surface area contributed by atoms with Gasteiger partial charge in [-0.1, -0.05) is 90.2 Å². The van der Waals surface area contributed by atoms with Crippen molar-refractivity contribution < 1.29 is 69.0 Å². The van der Waals surface area contributed by atoms with E-state index in [9.17, 15) is 40.5 Å². The Balaban J connectivity index is 1.82. The van der Waals surface area contributed by atoms with Crippen molar-refractivity contribution in [3.8, 4) is 0 Å². The van der Waals surface area contributed by atoms with E-state index in [0.29, 0.717) is 13.0 Å². The zero-order valence-electron chi connectivity index (χ0n) is 31.6. The van der Waals surface area contributed by atoms with Crippen molar-refractivity contribution in [2.45, 2.75) is 191 Å². The highest BCUT2D eigenvalue weighted by Crippen LogP contribution is 2.26. The van der Waals surface area contributed by atoms with E-state index < -0.39 is 86.7 Å². The van der Waals surface area contributed by atoms with Gasteiger partial charge in [-0.3, -0.25) is 4.79 Å². The van der Waals surface area contributed by atoms with Crippen LogP contribution in [0.4, 0.5) is 0 Å². The number of unbranched alkanes of at least 4 members (excludes halogenated alkanes) is 13. The first-order chi connectivity index (χ1) is 25.1. The van der Waals surface area contributed by atoms with Crippen molar-refractivity contribution in [1.29, 1.82) is 0 Å². The van der Waals surface area contributed by atoms with Crippen LogP contribution in [0.5, 0.6) is 0 Å². The molecule has 52 heavy (non-hydrogen) atoms. The van der Waals surface area contributed by atoms with E-state index >= 15 is 0 Å². The second-order valence-electron chi connectivity index (χ2n) is 14.1. The minimum Gasteiger partial charge on any atom is -0.457 e. The molecule has 0 radical (unpaired) electrons. The quantitative estimate of drug-likeness (QED) is 0.0333. The van der Waals surface area contributed by atoms with Crippen molar-refractivity contribution in [1.82, 2.24) is 0 Å². The van der Waals surface area contributed by atoms with Crippen LogP contribution in [-0.2, 0) is 33.2 Å². The lowest BCUT2D eigenvalue weighted by Gasteiger charge is -2.42. The number of aliphatic hydroxyl groups is 7. The third kappa shape index (κ3) is 17.9. The molecular weight excluding hydrogens is 680 g/mol. The third-order valence-electron chi connectivity index (χ3n) is 9.52. The highest BCUT2D eigenvalue weighted by molar-refractivity contribution is 5.69. The maximum absolute atomic E-state index is 12.7. The fraction of sp³-hybridized carbons (Fsp3) is 0.921. The van der Waals surface area contributed by atoms with Crippen LogP contribution < -0.4 is 0 Å². The lowest BCUT2D eigenvalue weighted by atomic mass is 9.98. The number of carbonyl (C=O) groups excluding carboxylic acids is 1. The van der Waals surface area contributed by atoms with Gasteiger partial charge >= 0.3 is 5.97 Å². The standard InChI is InChI=1S/C38H70O14/c1-3-5-7-9-10-11-12-13-14-15-16-18-20-22-47-24-27(50-30(40)21-19-17-8-6-4-2)25-48-37-36(46)34(44)32(42)29(52-37)26-49-38-35(45)33(43)31(41)28(23-39)51-38/h10-11,27-29,31-39,41-46H,3-9,12-26H2,1-2H3/b11-10-. The molecule has 0 aliphatic carbocycles. The second-order valence-corrected chi connectivity index (χ2v) is 14.1. The van der Waals surface area contributed by atoms with E-state index in [4.69, 9.17) is 28.4 Å². The number of rotatable bonds is 29. The van der Waals surface area contributed by atoms with Gasteiger partial charge in [0.1, 0.15) is 54.9 Å². The molecular formula is C38H70O14. The Morgan fingerprint density at radius 1 is 0.615 bits per heavy atom. The molecule has 0 aromatic carbocycles. The molecule has 7 N–H and O–H groups in total. The molecule has 14 heteroatoms. The zero-order chi connectivity index (χ0) is 38.1. The van der Waals surface area contributed by atoms with Crippen LogP contribution in [0.3, 0.4) is 0 Å². The van der Waals surface area contributed by atoms with Crippen molar-refractivity contribution in [2.75, 3.05) is 33.0 Å². The van der Waals surface area contributed by atoms with Crippen molar-refractivity contribution in [3.63, 3.8) is 0 Å². The minimum atomic E-state index is -1.70. The Kier molecular flexibility index (Phi) is 25.4. The SMILES string of the molecule is CCCCC/C=C\CCCCCCCCOCC(COC1OC(COC2OC(CO)C(O)C(O)C2O)C(O)C(O)C1O)OC(=O)CCCCCCC. The molecule has 11 atom stereocenters. The van der Waals surface area contributed by atoms with Crippen LogP contribution in [0.25, 0.3) is 0 Å². The lowest BCUT2D eigenvalue weighted by molar-refractivity contribution is -0.332. The highest BCUT2D eigenvalue weighted by atomic mass is 16.7. The van der Waals surface area contributed by atoms with E-state index in [1.807, 2.05) is 0 Å². The van der Waals surface area contributed by atoms with Gasteiger partial charge < -0.3 is 64.2 Å². The molecule has 0 aromatic heterocycles. The van der Waals surface area contributed by atoms with Crippen LogP contribution in [0.15, 0.2) is 12.2 Å². The molecule has 2 saturated heterocycles. The predicted molar refractivity (Wildman–Crippen MR) is 192 cm³/mol. The molecule has 306 valence electrons. The monoisotopic (exact) mass is 750 g/mol. The van der Waals surface area contributed by atoms with E-state index in [0.717, 1.165) is 51.4 Å². The molecule has 2 heterocycles. The van der Waals surface area contributed by atoms with Gasteiger partial charge in [-0.25, -0.2) is 0 Å². The minimum absolute atomic E-state index is 0.0593. The van der Waals surface area contributed by atoms with Gasteiger partial charge in [0.2, 0.25) is 0 Å². The summed E-state index contributed by atoms with van der Waals surface area (Å²) in [7, 11) is 0. The van der Waals surface area contributed by atoms with Gasteiger partial charge in [0, 0.05) is 13.0 Å². The molecule has 0 bridgehead atoms. The van der Waals surface area contributed by atoms with E-state index in [2.05, 4.69) is 26.0 Å². The van der Waals surface area contributed by atoms with Crippen LogP contribution in [0, 0.1) is 0 Å². The Labute approximate surface area is 310 Å². The van der Waals surface area contributed by atoms with Crippen molar-refractivity contribution >= 4 is 5.97 Å². The average molecular weight is 751 g/mol. The summed E-state index contributed by atoms with van der Waals surface area (Å²) in [6.45, 7) is 3.52. The molecule has 0 amide bonds. The Bertz CT molecular complexity index is 922. The molecule has 2 rings (SSSR count). The van der Waals surface area contributed by atoms with Crippen molar-refractivity contribution in [2.24, 2.45) is 0 Å². The molecule has 14 nitrogen and oxygen atoms in total. The second kappa shape index (κ2) is 28.2. The van der Waals surface area contributed by atoms with Gasteiger partial charge in [0.05, 0.1) is 26.4 Å². The van der Waals surface area contributed by atoms with Gasteiger partial charge in [-0.05, 0) is 38.5 Å². The Morgan fingerprint density at radius 3 is 1.79 bits per heavy atom. The number of carbonyl (C=O) groups is 1. The molecule has 0 spiro atoms. The number of aliphatic hydroxyl groups excluding tert-OH is 7. The number of hydrogen-bond donors (Lipinski definition) is 7. The first kappa shape index (κ1) is 46.9. The zero-order valence-corrected chi connectivity index (χ0v) is 31.6. The Hall–Kier alpha value is -1.27. The summed E-state index contributed by atoms with van der Waals surface area (Å²) in [4.78, 5) is 12.7. The molecule has 0 saturated carbocycles. The topological polar surface area (TPSA) is 214 Å². The molecule has 2 fully saturated rings.